The van der Waals surface area contributed by atoms with Crippen molar-refractivity contribution in [2.24, 2.45) is 0 Å². The number of amides is 3. The molecule has 3 aliphatic heterocycles. The van der Waals surface area contributed by atoms with E-state index in [1.165, 1.54) is 6.26 Å². The first-order valence-corrected chi connectivity index (χ1v) is 8.32. The van der Waals surface area contributed by atoms with E-state index in [-0.39, 0.29) is 24.1 Å². The largest absolute Gasteiger partial charge is 0.459 e. The van der Waals surface area contributed by atoms with Crippen LogP contribution in [0.25, 0.3) is 0 Å². The zero-order valence-corrected chi connectivity index (χ0v) is 13.4. The van der Waals surface area contributed by atoms with E-state index < -0.39 is 0 Å². The van der Waals surface area contributed by atoms with E-state index in [0.29, 0.717) is 58.3 Å². The summed E-state index contributed by atoms with van der Waals surface area (Å²) in [5.74, 6) is 0.188. The van der Waals surface area contributed by atoms with Crippen LogP contribution < -0.4 is 0 Å². The standard InChI is InChI=1S/C16H21N3O5/c20-15(13-2-1-6-23-13)19-5-9-24-14-11-18(10-12(14)19)16(21)17-3-7-22-8-4-17/h1-2,6,12,14H,3-5,7-11H2/t12-,14+/m1/s1. The lowest BCUT2D eigenvalue weighted by atomic mass is 10.1. The van der Waals surface area contributed by atoms with Gasteiger partial charge in [-0.3, -0.25) is 4.79 Å². The Balaban J connectivity index is 1.46. The van der Waals surface area contributed by atoms with Gasteiger partial charge in [0.15, 0.2) is 5.76 Å². The van der Waals surface area contributed by atoms with Gasteiger partial charge < -0.3 is 28.6 Å². The van der Waals surface area contributed by atoms with Crippen LogP contribution in [0.4, 0.5) is 4.79 Å². The van der Waals surface area contributed by atoms with Crippen molar-refractivity contribution in [2.75, 3.05) is 52.5 Å². The molecule has 3 amide bonds. The van der Waals surface area contributed by atoms with E-state index in [0.717, 1.165) is 0 Å². The van der Waals surface area contributed by atoms with Crippen molar-refractivity contribution in [2.45, 2.75) is 12.1 Å². The van der Waals surface area contributed by atoms with Gasteiger partial charge in [-0.05, 0) is 12.1 Å². The van der Waals surface area contributed by atoms with Gasteiger partial charge in [-0.2, -0.15) is 0 Å². The Morgan fingerprint density at radius 1 is 1.04 bits per heavy atom. The first-order valence-electron chi connectivity index (χ1n) is 8.32. The molecule has 8 heteroatoms. The zero-order chi connectivity index (χ0) is 16.5. The Morgan fingerprint density at radius 3 is 2.62 bits per heavy atom. The molecule has 0 unspecified atom stereocenters. The van der Waals surface area contributed by atoms with E-state index in [1.807, 2.05) is 0 Å². The molecular formula is C16H21N3O5. The summed E-state index contributed by atoms with van der Waals surface area (Å²) in [6, 6.07) is 3.25. The van der Waals surface area contributed by atoms with E-state index in [4.69, 9.17) is 13.9 Å². The number of likely N-dealkylation sites (tertiary alicyclic amines) is 1. The first kappa shape index (κ1) is 15.5. The minimum Gasteiger partial charge on any atom is -0.459 e. The molecule has 0 saturated carbocycles. The number of carbonyl (C=O) groups excluding carboxylic acids is 2. The Bertz CT molecular complexity index is 599. The average molecular weight is 335 g/mol. The number of nitrogens with zero attached hydrogens (tertiary/aromatic N) is 3. The summed E-state index contributed by atoms with van der Waals surface area (Å²) < 4.78 is 16.3. The van der Waals surface area contributed by atoms with Crippen LogP contribution in [0, 0.1) is 0 Å². The SMILES string of the molecule is O=C(N1CCOCC1)N1C[C@@H]2OCCN(C(=O)c3ccco3)[C@@H]2C1. The summed E-state index contributed by atoms with van der Waals surface area (Å²) in [7, 11) is 0. The molecule has 0 radical (unpaired) electrons. The molecule has 1 aromatic heterocycles. The third kappa shape index (κ3) is 2.76. The van der Waals surface area contributed by atoms with Crippen LogP contribution in [0.15, 0.2) is 22.8 Å². The van der Waals surface area contributed by atoms with Crippen LogP contribution in [0.1, 0.15) is 10.6 Å². The van der Waals surface area contributed by atoms with Gasteiger partial charge in [0.05, 0.1) is 44.8 Å². The highest BCUT2D eigenvalue weighted by molar-refractivity contribution is 5.92. The smallest absolute Gasteiger partial charge is 0.320 e. The van der Waals surface area contributed by atoms with Crippen molar-refractivity contribution >= 4 is 11.9 Å². The Kier molecular flexibility index (Phi) is 4.15. The molecule has 24 heavy (non-hydrogen) atoms. The number of hydrogen-bond donors (Lipinski definition) is 0. The number of hydrogen-bond acceptors (Lipinski definition) is 5. The second-order valence-corrected chi connectivity index (χ2v) is 6.24. The Labute approximate surface area is 139 Å². The number of rotatable bonds is 1. The molecule has 3 saturated heterocycles. The highest BCUT2D eigenvalue weighted by Gasteiger charge is 2.45. The Hall–Kier alpha value is -2.06. The summed E-state index contributed by atoms with van der Waals surface area (Å²) in [6.45, 7) is 4.38. The molecule has 4 heterocycles. The number of carbonyl (C=O) groups is 2. The van der Waals surface area contributed by atoms with Gasteiger partial charge in [0.2, 0.25) is 0 Å². The van der Waals surface area contributed by atoms with Crippen LogP contribution in [-0.4, -0.2) is 91.3 Å². The second-order valence-electron chi connectivity index (χ2n) is 6.24. The summed E-state index contributed by atoms with van der Waals surface area (Å²) in [5.41, 5.74) is 0. The van der Waals surface area contributed by atoms with Gasteiger partial charge in [0.1, 0.15) is 0 Å². The molecule has 0 aromatic carbocycles. The Morgan fingerprint density at radius 2 is 1.88 bits per heavy atom. The van der Waals surface area contributed by atoms with Gasteiger partial charge in [-0.15, -0.1) is 0 Å². The monoisotopic (exact) mass is 335 g/mol. The fourth-order valence-electron chi connectivity index (χ4n) is 3.59. The maximum absolute atomic E-state index is 12.7. The summed E-state index contributed by atoms with van der Waals surface area (Å²) >= 11 is 0. The molecule has 0 N–H and O–H groups in total. The fraction of sp³-hybridized carbons (Fsp3) is 0.625. The topological polar surface area (TPSA) is 75.5 Å². The maximum atomic E-state index is 12.7. The minimum absolute atomic E-state index is 0.00157. The molecule has 0 bridgehead atoms. The summed E-state index contributed by atoms with van der Waals surface area (Å²) in [4.78, 5) is 30.7. The molecule has 130 valence electrons. The second kappa shape index (κ2) is 6.45. The molecule has 2 atom stereocenters. The van der Waals surface area contributed by atoms with Crippen LogP contribution >= 0.6 is 0 Å². The maximum Gasteiger partial charge on any atom is 0.320 e. The molecule has 0 aliphatic carbocycles. The van der Waals surface area contributed by atoms with Crippen LogP contribution in [0.2, 0.25) is 0 Å². The number of furan rings is 1. The van der Waals surface area contributed by atoms with Gasteiger partial charge in [0, 0.05) is 26.2 Å². The van der Waals surface area contributed by atoms with E-state index in [9.17, 15) is 9.59 Å². The first-order chi connectivity index (χ1) is 11.7. The number of ether oxygens (including phenoxy) is 2. The third-order valence-electron chi connectivity index (χ3n) is 4.85. The molecular weight excluding hydrogens is 314 g/mol. The number of morpholine rings is 2. The molecule has 3 aliphatic rings. The molecule has 4 rings (SSSR count). The third-order valence-corrected chi connectivity index (χ3v) is 4.85. The number of fused-ring (bicyclic) bond motifs is 1. The lowest BCUT2D eigenvalue weighted by Gasteiger charge is -2.36. The highest BCUT2D eigenvalue weighted by Crippen LogP contribution is 2.25. The van der Waals surface area contributed by atoms with Crippen molar-refractivity contribution in [3.8, 4) is 0 Å². The summed E-state index contributed by atoms with van der Waals surface area (Å²) in [6.07, 6.45) is 1.36. The fourth-order valence-corrected chi connectivity index (χ4v) is 3.59. The predicted molar refractivity (Wildman–Crippen MR) is 82.6 cm³/mol. The van der Waals surface area contributed by atoms with Gasteiger partial charge >= 0.3 is 6.03 Å². The van der Waals surface area contributed by atoms with Gasteiger partial charge in [0.25, 0.3) is 5.91 Å². The molecule has 1 aromatic rings. The molecule has 0 spiro atoms. The van der Waals surface area contributed by atoms with E-state index >= 15 is 0 Å². The van der Waals surface area contributed by atoms with Crippen molar-refractivity contribution < 1.29 is 23.5 Å². The van der Waals surface area contributed by atoms with Crippen molar-refractivity contribution in [1.29, 1.82) is 0 Å². The zero-order valence-electron chi connectivity index (χ0n) is 13.4. The van der Waals surface area contributed by atoms with Crippen LogP contribution in [0.5, 0.6) is 0 Å². The van der Waals surface area contributed by atoms with E-state index in [2.05, 4.69) is 0 Å². The quantitative estimate of drug-likeness (QED) is 0.736. The highest BCUT2D eigenvalue weighted by atomic mass is 16.5. The van der Waals surface area contributed by atoms with Crippen LogP contribution in [-0.2, 0) is 9.47 Å². The van der Waals surface area contributed by atoms with E-state index in [1.54, 1.807) is 26.8 Å². The van der Waals surface area contributed by atoms with Crippen LogP contribution in [0.3, 0.4) is 0 Å². The predicted octanol–water partition coefficient (Wildman–Crippen LogP) is 0.257. The summed E-state index contributed by atoms with van der Waals surface area (Å²) in [5, 5.41) is 0. The average Bonchev–Trinajstić information content (AvgIpc) is 3.30. The normalized spacial score (nSPS) is 27.2. The molecule has 8 nitrogen and oxygen atoms in total. The van der Waals surface area contributed by atoms with Crippen molar-refractivity contribution in [3.63, 3.8) is 0 Å². The van der Waals surface area contributed by atoms with Gasteiger partial charge in [-0.25, -0.2) is 4.79 Å². The van der Waals surface area contributed by atoms with Crippen molar-refractivity contribution in [3.05, 3.63) is 24.2 Å². The van der Waals surface area contributed by atoms with Crippen molar-refractivity contribution in [1.82, 2.24) is 14.7 Å². The lowest BCUT2D eigenvalue weighted by Crippen LogP contribution is -2.53. The lowest BCUT2D eigenvalue weighted by molar-refractivity contribution is -0.0379. The molecule has 3 fully saturated rings. The number of urea groups is 1. The minimum atomic E-state index is -0.140. The van der Waals surface area contributed by atoms with Gasteiger partial charge in [-0.1, -0.05) is 0 Å².